The summed E-state index contributed by atoms with van der Waals surface area (Å²) in [5, 5.41) is 0. The van der Waals surface area contributed by atoms with Gasteiger partial charge in [-0.15, -0.1) is 0 Å². The van der Waals surface area contributed by atoms with Gasteiger partial charge in [-0.25, -0.2) is 0 Å². The van der Waals surface area contributed by atoms with Gasteiger partial charge < -0.3 is 0 Å². The van der Waals surface area contributed by atoms with Crippen LogP contribution in [0.25, 0.3) is 0 Å². The smallest absolute Gasteiger partial charge is 0 e. The van der Waals surface area contributed by atoms with Crippen molar-refractivity contribution in [3.05, 3.63) is 56.4 Å². The first-order chi connectivity index (χ1) is 6.50. The maximum Gasteiger partial charge on any atom is 0 e. The van der Waals surface area contributed by atoms with Crippen LogP contribution in [0.3, 0.4) is 0 Å². The van der Waals surface area contributed by atoms with Crippen LogP contribution in [-0.2, 0) is 31.3 Å². The van der Waals surface area contributed by atoms with Crippen molar-refractivity contribution in [2.75, 3.05) is 0 Å². The third-order valence-electron chi connectivity index (χ3n) is 0.878. The Kier molecular flexibility index (Phi) is 66.7. The molecule has 0 radical (unpaired) electrons. The Labute approximate surface area is 94.5 Å². The monoisotopic (exact) mass is 228 g/mol. The van der Waals surface area contributed by atoms with E-state index in [0.717, 1.165) is 6.42 Å². The molecule has 0 unspecified atom stereocenters. The van der Waals surface area contributed by atoms with Crippen molar-refractivity contribution < 1.29 is 31.3 Å². The van der Waals surface area contributed by atoms with Crippen molar-refractivity contribution in [2.24, 2.45) is 0 Å². The normalized spacial score (nSPS) is 9.00. The number of allylic oxidation sites excluding steroid dienone is 6. The van der Waals surface area contributed by atoms with Crippen LogP contribution in [0, 0.1) is 20.0 Å². The second kappa shape index (κ2) is 40.4. The zero-order valence-electron chi connectivity index (χ0n) is 7.30. The summed E-state index contributed by atoms with van der Waals surface area (Å²) in [7, 11) is 0. The molecular weight excluding hydrogens is 220 g/mol. The van der Waals surface area contributed by atoms with Crippen molar-refractivity contribution >= 4 is 0 Å². The quantitative estimate of drug-likeness (QED) is 0.449. The molecule has 0 bridgehead atoms. The number of rotatable bonds is 0. The molecule has 0 aromatic heterocycles. The topological polar surface area (TPSA) is 59.7 Å². The van der Waals surface area contributed by atoms with Crippen LogP contribution in [0.1, 0.15) is 6.42 Å². The molecule has 1 rings (SSSR count). The minimum atomic E-state index is 0. The van der Waals surface area contributed by atoms with E-state index in [2.05, 4.69) is 44.3 Å². The van der Waals surface area contributed by atoms with Crippen LogP contribution in [0.4, 0.5) is 0 Å². The molecule has 14 heavy (non-hydrogen) atoms. The summed E-state index contributed by atoms with van der Waals surface area (Å²) in [6, 6.07) is 0. The first kappa shape index (κ1) is 23.1. The van der Waals surface area contributed by atoms with Crippen molar-refractivity contribution in [3.63, 3.8) is 0 Å². The predicted molar refractivity (Wildman–Crippen MR) is 43.8 cm³/mol. The molecule has 1 aliphatic rings. The third kappa shape index (κ3) is 30.6. The standard InChI is InChI=1S/C7H8.3CO.Cr/c1-2-4-6-7-5-3-1;3*1-2;/h1-6H,7H2;;;;. The van der Waals surface area contributed by atoms with Gasteiger partial charge in [-0.1, -0.05) is 36.5 Å². The molecular formula is C10H8CrO3. The Morgan fingerprint density at radius 3 is 1.21 bits per heavy atom. The van der Waals surface area contributed by atoms with Gasteiger partial charge in [-0.3, -0.25) is 0 Å². The summed E-state index contributed by atoms with van der Waals surface area (Å²) < 4.78 is 22.5. The van der Waals surface area contributed by atoms with E-state index >= 15 is 0 Å². The minimum Gasteiger partial charge on any atom is 0 e. The van der Waals surface area contributed by atoms with Crippen LogP contribution in [0.15, 0.2) is 36.5 Å². The fraction of sp³-hybridized carbons (Fsp3) is 0.100. The summed E-state index contributed by atoms with van der Waals surface area (Å²) in [6.45, 7) is 13.5. The number of hydrogen-bond donors (Lipinski definition) is 0. The van der Waals surface area contributed by atoms with Gasteiger partial charge in [-0.2, -0.15) is 0 Å². The van der Waals surface area contributed by atoms with Gasteiger partial charge >= 0.3 is 33.9 Å². The fourth-order valence-electron chi connectivity index (χ4n) is 0.521. The number of hydrogen-bond acceptors (Lipinski definition) is 0. The Hall–Kier alpha value is -1.03. The van der Waals surface area contributed by atoms with E-state index in [1.54, 1.807) is 0 Å². The van der Waals surface area contributed by atoms with Crippen LogP contribution in [-0.4, -0.2) is 0 Å². The van der Waals surface area contributed by atoms with E-state index in [-0.39, 0.29) is 17.4 Å². The maximum absolute atomic E-state index is 7.50. The summed E-state index contributed by atoms with van der Waals surface area (Å²) in [6.07, 6.45) is 13.5. The SMILES string of the molecule is C1=CC=CCC=C1.[C-]#[O+].[C-]#[O+].[C-]#[O+].[Cr]. The molecule has 0 aromatic rings. The molecule has 0 amide bonds. The van der Waals surface area contributed by atoms with Crippen molar-refractivity contribution in [1.29, 1.82) is 0 Å². The summed E-state index contributed by atoms with van der Waals surface area (Å²) in [5.74, 6) is 0. The zero-order valence-corrected chi connectivity index (χ0v) is 8.58. The summed E-state index contributed by atoms with van der Waals surface area (Å²) in [4.78, 5) is 0. The van der Waals surface area contributed by atoms with Crippen molar-refractivity contribution in [1.82, 2.24) is 0 Å². The minimum absolute atomic E-state index is 0. The van der Waals surface area contributed by atoms with Crippen molar-refractivity contribution in [3.8, 4) is 0 Å². The van der Waals surface area contributed by atoms with Gasteiger partial charge in [0, 0.05) is 17.4 Å². The molecule has 0 N–H and O–H groups in total. The average molecular weight is 228 g/mol. The molecule has 0 aliphatic heterocycles. The molecule has 4 heteroatoms. The van der Waals surface area contributed by atoms with E-state index in [1.165, 1.54) is 0 Å². The van der Waals surface area contributed by atoms with E-state index in [9.17, 15) is 0 Å². The molecule has 1 aliphatic carbocycles. The van der Waals surface area contributed by atoms with Crippen molar-refractivity contribution in [2.45, 2.75) is 6.42 Å². The van der Waals surface area contributed by atoms with Gasteiger partial charge in [-0.05, 0) is 6.42 Å². The Morgan fingerprint density at radius 1 is 0.643 bits per heavy atom. The van der Waals surface area contributed by atoms with Gasteiger partial charge in [0.1, 0.15) is 0 Å². The summed E-state index contributed by atoms with van der Waals surface area (Å²) in [5.41, 5.74) is 0. The molecule has 0 heterocycles. The van der Waals surface area contributed by atoms with Crippen LogP contribution in [0.5, 0.6) is 0 Å². The van der Waals surface area contributed by atoms with E-state index < -0.39 is 0 Å². The second-order valence-electron chi connectivity index (χ2n) is 1.48. The molecule has 0 saturated heterocycles. The Balaban J connectivity index is -0.0000000625. The van der Waals surface area contributed by atoms with E-state index in [4.69, 9.17) is 14.0 Å². The summed E-state index contributed by atoms with van der Waals surface area (Å²) >= 11 is 0. The Bertz CT molecular complexity index is 193. The van der Waals surface area contributed by atoms with Crippen LogP contribution < -0.4 is 0 Å². The fourth-order valence-corrected chi connectivity index (χ4v) is 0.521. The molecule has 0 saturated carbocycles. The molecule has 0 fully saturated rings. The second-order valence-corrected chi connectivity index (χ2v) is 1.48. The van der Waals surface area contributed by atoms with Gasteiger partial charge in [0.25, 0.3) is 0 Å². The molecule has 0 atom stereocenters. The van der Waals surface area contributed by atoms with E-state index in [0.29, 0.717) is 0 Å². The Morgan fingerprint density at radius 2 is 0.929 bits per heavy atom. The molecule has 0 aromatic carbocycles. The van der Waals surface area contributed by atoms with Crippen LogP contribution in [0.2, 0.25) is 0 Å². The molecule has 72 valence electrons. The largest absolute Gasteiger partial charge is 0 e. The predicted octanol–water partition coefficient (Wildman–Crippen LogP) is 1.94. The molecule has 3 nitrogen and oxygen atoms in total. The van der Waals surface area contributed by atoms with Gasteiger partial charge in [0.15, 0.2) is 0 Å². The maximum atomic E-state index is 7.50. The first-order valence-electron chi connectivity index (χ1n) is 3.10. The zero-order chi connectivity index (χ0) is 10.9. The van der Waals surface area contributed by atoms with Crippen LogP contribution >= 0.6 is 0 Å². The van der Waals surface area contributed by atoms with Gasteiger partial charge in [0.2, 0.25) is 0 Å². The average Bonchev–Trinajstić information content (AvgIpc) is 2.58. The molecule has 0 spiro atoms. The third-order valence-corrected chi connectivity index (χ3v) is 0.878. The van der Waals surface area contributed by atoms with E-state index in [1.807, 2.05) is 12.2 Å². The van der Waals surface area contributed by atoms with Gasteiger partial charge in [0.05, 0.1) is 0 Å². The first-order valence-corrected chi connectivity index (χ1v) is 3.10.